The number of nitrogens with zero attached hydrogens (tertiary/aromatic N) is 1. The van der Waals surface area contributed by atoms with Crippen molar-refractivity contribution in [2.75, 3.05) is 6.61 Å². The number of aromatic nitrogens is 1. The Hall–Kier alpha value is -1.63. The number of hydrogen-bond acceptors (Lipinski definition) is 5. The van der Waals surface area contributed by atoms with E-state index in [9.17, 15) is 14.7 Å². The molecule has 1 aromatic carbocycles. The van der Waals surface area contributed by atoms with Gasteiger partial charge in [-0.2, -0.15) is 0 Å². The topological polar surface area (TPSA) is 76.5 Å². The minimum absolute atomic E-state index is 0.0774. The number of carbonyl (C=O) groups is 2. The molecule has 0 spiro atoms. The van der Waals surface area contributed by atoms with Crippen LogP contribution < -0.4 is 0 Å². The van der Waals surface area contributed by atoms with Crippen LogP contribution in [0.5, 0.6) is 5.75 Å². The first kappa shape index (κ1) is 20.7. The second-order valence-electron chi connectivity index (χ2n) is 5.40. The van der Waals surface area contributed by atoms with E-state index in [1.54, 1.807) is 31.2 Å². The van der Waals surface area contributed by atoms with E-state index in [1.807, 2.05) is 0 Å². The van der Waals surface area contributed by atoms with E-state index in [4.69, 9.17) is 27.9 Å². The minimum atomic E-state index is -0.474. The van der Waals surface area contributed by atoms with Gasteiger partial charge < -0.3 is 9.84 Å². The highest BCUT2D eigenvalue weighted by Gasteiger charge is 2.19. The molecule has 0 aliphatic rings. The third kappa shape index (κ3) is 5.19. The van der Waals surface area contributed by atoms with Crippen molar-refractivity contribution in [2.45, 2.75) is 26.2 Å². The summed E-state index contributed by atoms with van der Waals surface area (Å²) < 4.78 is 5.12. The third-order valence-electron chi connectivity index (χ3n) is 3.54. The van der Waals surface area contributed by atoms with Crippen molar-refractivity contribution in [3.63, 3.8) is 0 Å². The van der Waals surface area contributed by atoms with E-state index >= 15 is 0 Å². The maximum atomic E-state index is 12.4. The summed E-state index contributed by atoms with van der Waals surface area (Å²) in [5.74, 6) is -1.20. The zero-order valence-corrected chi connectivity index (χ0v) is 17.0. The molecule has 26 heavy (non-hydrogen) atoms. The molecule has 0 saturated carbocycles. The lowest BCUT2D eigenvalue weighted by molar-refractivity contribution is -0.143. The van der Waals surface area contributed by atoms with Gasteiger partial charge in [0.05, 0.1) is 17.5 Å². The van der Waals surface area contributed by atoms with Crippen molar-refractivity contribution in [2.24, 2.45) is 0 Å². The van der Waals surface area contributed by atoms with Gasteiger partial charge in [-0.25, -0.2) is 4.98 Å². The molecule has 0 bridgehead atoms. The third-order valence-corrected chi connectivity index (χ3v) is 4.86. The van der Waals surface area contributed by atoms with E-state index in [1.165, 1.54) is 0 Å². The van der Waals surface area contributed by atoms with Crippen LogP contribution in [0.15, 0.2) is 28.7 Å². The second-order valence-corrected chi connectivity index (χ2v) is 7.07. The Balaban J connectivity index is 2.26. The predicted molar refractivity (Wildman–Crippen MR) is 103 cm³/mol. The summed E-state index contributed by atoms with van der Waals surface area (Å²) >= 11 is 15.6. The highest BCUT2D eigenvalue weighted by molar-refractivity contribution is 9.10. The van der Waals surface area contributed by atoms with Crippen LogP contribution >= 0.6 is 39.1 Å². The van der Waals surface area contributed by atoms with Crippen LogP contribution in [0.25, 0.3) is 0 Å². The van der Waals surface area contributed by atoms with Crippen LogP contribution in [0.1, 0.15) is 41.5 Å². The Morgan fingerprint density at radius 3 is 2.50 bits per heavy atom. The number of esters is 1. The van der Waals surface area contributed by atoms with Crippen LogP contribution in [-0.2, 0) is 16.0 Å². The van der Waals surface area contributed by atoms with Gasteiger partial charge in [0.1, 0.15) is 5.69 Å². The number of halogens is 3. The largest absolute Gasteiger partial charge is 0.504 e. The molecular weight excluding hydrogens is 445 g/mol. The average Bonchev–Trinajstić information content (AvgIpc) is 2.59. The lowest BCUT2D eigenvalue weighted by Gasteiger charge is -2.10. The summed E-state index contributed by atoms with van der Waals surface area (Å²) in [7, 11) is 0. The first-order valence-corrected chi connectivity index (χ1v) is 9.38. The smallest absolute Gasteiger partial charge is 0.306 e. The Kier molecular flexibility index (Phi) is 7.43. The number of aromatic hydroxyl groups is 1. The van der Waals surface area contributed by atoms with E-state index in [0.717, 1.165) is 0 Å². The molecule has 2 aromatic rings. The number of ether oxygens (including phenoxy) is 1. The number of hydrogen-bond donors (Lipinski definition) is 1. The number of carbonyl (C=O) groups excluding carboxylic acids is 2. The molecule has 0 aliphatic carbocycles. The lowest BCUT2D eigenvalue weighted by Crippen LogP contribution is -2.10. The first-order valence-electron chi connectivity index (χ1n) is 7.83. The lowest BCUT2D eigenvalue weighted by atomic mass is 10.1. The monoisotopic (exact) mass is 459 g/mol. The van der Waals surface area contributed by atoms with Gasteiger partial charge >= 0.3 is 5.97 Å². The highest BCUT2D eigenvalue weighted by atomic mass is 79.9. The Bertz CT molecular complexity index is 822. The van der Waals surface area contributed by atoms with Gasteiger partial charge in [-0.3, -0.25) is 9.59 Å². The fraction of sp³-hybridized carbons (Fsp3) is 0.278. The quantitative estimate of drug-likeness (QED) is 0.466. The minimum Gasteiger partial charge on any atom is -0.504 e. The Morgan fingerprint density at radius 1 is 1.23 bits per heavy atom. The van der Waals surface area contributed by atoms with Gasteiger partial charge in [-0.1, -0.05) is 29.3 Å². The molecule has 0 radical (unpaired) electrons. The van der Waals surface area contributed by atoms with Crippen LogP contribution in [0.2, 0.25) is 10.0 Å². The molecule has 2 rings (SSSR count). The zero-order valence-electron chi connectivity index (χ0n) is 13.9. The first-order chi connectivity index (χ1) is 12.3. The summed E-state index contributed by atoms with van der Waals surface area (Å²) in [6, 6.07) is 6.75. The van der Waals surface area contributed by atoms with Crippen LogP contribution in [0.4, 0.5) is 0 Å². The summed E-state index contributed by atoms with van der Waals surface area (Å²) in [5.41, 5.74) is 1.07. The van der Waals surface area contributed by atoms with Gasteiger partial charge in [-0.15, -0.1) is 0 Å². The maximum absolute atomic E-state index is 12.4. The summed E-state index contributed by atoms with van der Waals surface area (Å²) in [6.07, 6.45) is 0.101. The molecule has 5 nitrogen and oxygen atoms in total. The highest BCUT2D eigenvalue weighted by Crippen LogP contribution is 2.31. The molecule has 0 fully saturated rings. The zero-order chi connectivity index (χ0) is 19.3. The van der Waals surface area contributed by atoms with Crippen LogP contribution in [0.3, 0.4) is 0 Å². The summed E-state index contributed by atoms with van der Waals surface area (Å²) in [6.45, 7) is 1.93. The molecular formula is C18H16BrCl2NO4. The van der Waals surface area contributed by atoms with Crippen LogP contribution in [0, 0.1) is 0 Å². The Labute approximate surface area is 169 Å². The molecule has 0 atom stereocenters. The van der Waals surface area contributed by atoms with Crippen molar-refractivity contribution in [1.82, 2.24) is 4.98 Å². The van der Waals surface area contributed by atoms with Crippen molar-refractivity contribution >= 4 is 50.9 Å². The second kappa shape index (κ2) is 9.35. The Morgan fingerprint density at radius 2 is 1.88 bits per heavy atom. The molecule has 0 aliphatic heterocycles. The van der Waals surface area contributed by atoms with Gasteiger partial charge in [0.2, 0.25) is 0 Å². The maximum Gasteiger partial charge on any atom is 0.306 e. The number of benzene rings is 1. The van der Waals surface area contributed by atoms with Gasteiger partial charge in [0, 0.05) is 28.6 Å². The van der Waals surface area contributed by atoms with Gasteiger partial charge in [0.15, 0.2) is 11.5 Å². The van der Waals surface area contributed by atoms with Crippen molar-refractivity contribution in [3.05, 3.63) is 55.7 Å². The van der Waals surface area contributed by atoms with E-state index < -0.39 is 11.8 Å². The van der Waals surface area contributed by atoms with Crippen molar-refractivity contribution < 1.29 is 19.4 Å². The number of rotatable bonds is 7. The fourth-order valence-electron chi connectivity index (χ4n) is 2.29. The van der Waals surface area contributed by atoms with Gasteiger partial charge in [-0.05, 0) is 46.6 Å². The van der Waals surface area contributed by atoms with E-state index in [0.29, 0.717) is 25.8 Å². The normalized spacial score (nSPS) is 10.6. The summed E-state index contributed by atoms with van der Waals surface area (Å²) in [5, 5.41) is 11.1. The SMILES string of the molecule is CCOC(=O)CCC(=O)c1nc(Cc2c(Cl)cccc2Cl)cc(Br)c1O. The molecule has 0 unspecified atom stereocenters. The summed E-state index contributed by atoms with van der Waals surface area (Å²) in [4.78, 5) is 28.0. The van der Waals surface area contributed by atoms with Crippen molar-refractivity contribution in [1.29, 1.82) is 0 Å². The number of ketones is 1. The molecule has 1 N–H and O–H groups in total. The predicted octanol–water partition coefficient (Wildman–Crippen LogP) is 4.97. The average molecular weight is 461 g/mol. The number of pyridine rings is 1. The van der Waals surface area contributed by atoms with Gasteiger partial charge in [0.25, 0.3) is 0 Å². The van der Waals surface area contributed by atoms with E-state index in [2.05, 4.69) is 20.9 Å². The van der Waals surface area contributed by atoms with Crippen molar-refractivity contribution in [3.8, 4) is 5.75 Å². The molecule has 8 heteroatoms. The standard InChI is InChI=1S/C18H16BrCl2NO4/c1-2-26-16(24)7-6-15(23)17-18(25)12(19)9-10(22-17)8-11-13(20)4-3-5-14(11)21/h3-5,9,25H,2,6-8H2,1H3. The molecule has 0 amide bonds. The van der Waals surface area contributed by atoms with Crippen LogP contribution in [-0.4, -0.2) is 28.4 Å². The fourth-order valence-corrected chi connectivity index (χ4v) is 3.27. The van der Waals surface area contributed by atoms with E-state index in [-0.39, 0.29) is 37.3 Å². The molecule has 138 valence electrons. The molecule has 0 saturated heterocycles. The number of Topliss-reactive ketones (excluding diaryl/α,β-unsaturated/α-hetero) is 1. The molecule has 1 aromatic heterocycles. The molecule has 1 heterocycles.